The number of hydrogen-bond donors (Lipinski definition) is 1. The summed E-state index contributed by atoms with van der Waals surface area (Å²) in [5.41, 5.74) is 4.22. The van der Waals surface area contributed by atoms with E-state index in [0.29, 0.717) is 0 Å². The fourth-order valence-corrected chi connectivity index (χ4v) is 4.70. The molecule has 2 saturated heterocycles. The van der Waals surface area contributed by atoms with Crippen LogP contribution in [-0.4, -0.2) is 66.0 Å². The molecule has 1 aromatic carbocycles. The summed E-state index contributed by atoms with van der Waals surface area (Å²) >= 11 is 0. The van der Waals surface area contributed by atoms with Crippen molar-refractivity contribution in [3.63, 3.8) is 0 Å². The largest absolute Gasteiger partial charge is 0.337 e. The standard InChI is InChI=1S/C23H30N4O/c1-18-16-25-10-7-21(18)19-5-3-6-20(15-19)22(28)27-14-4-13-26(2)23(17-27)8-11-24-12-9-23/h3,5-7,10,15-16,24H,4,8-9,11-14,17H2,1-2H3. The number of rotatable bonds is 2. The van der Waals surface area contributed by atoms with Gasteiger partial charge in [0, 0.05) is 43.1 Å². The molecule has 5 nitrogen and oxygen atoms in total. The van der Waals surface area contributed by atoms with E-state index in [1.807, 2.05) is 36.7 Å². The number of nitrogens with zero attached hydrogens (tertiary/aromatic N) is 3. The van der Waals surface area contributed by atoms with Gasteiger partial charge in [-0.3, -0.25) is 14.7 Å². The lowest BCUT2D eigenvalue weighted by molar-refractivity contribution is 0.0507. The molecule has 1 N–H and O–H groups in total. The minimum absolute atomic E-state index is 0.108. The van der Waals surface area contributed by atoms with E-state index < -0.39 is 0 Å². The van der Waals surface area contributed by atoms with Gasteiger partial charge in [-0.25, -0.2) is 0 Å². The van der Waals surface area contributed by atoms with E-state index >= 15 is 0 Å². The molecule has 0 radical (unpaired) electrons. The Labute approximate surface area is 167 Å². The Kier molecular flexibility index (Phi) is 5.47. The van der Waals surface area contributed by atoms with Crippen LogP contribution in [0.5, 0.6) is 0 Å². The molecule has 5 heteroatoms. The molecule has 4 rings (SSSR count). The van der Waals surface area contributed by atoms with Crippen LogP contribution in [0.3, 0.4) is 0 Å². The first-order valence-electron chi connectivity index (χ1n) is 10.3. The van der Waals surface area contributed by atoms with Gasteiger partial charge < -0.3 is 10.2 Å². The van der Waals surface area contributed by atoms with Gasteiger partial charge >= 0.3 is 0 Å². The van der Waals surface area contributed by atoms with Gasteiger partial charge in [-0.05, 0) is 81.2 Å². The third kappa shape index (κ3) is 3.69. The van der Waals surface area contributed by atoms with Gasteiger partial charge in [-0.15, -0.1) is 0 Å². The summed E-state index contributed by atoms with van der Waals surface area (Å²) in [6, 6.07) is 10.1. The van der Waals surface area contributed by atoms with Gasteiger partial charge in [0.25, 0.3) is 5.91 Å². The third-order valence-electron chi connectivity index (χ3n) is 6.48. The Bertz CT molecular complexity index is 844. The molecule has 0 aliphatic carbocycles. The van der Waals surface area contributed by atoms with Crippen molar-refractivity contribution in [2.24, 2.45) is 0 Å². The van der Waals surface area contributed by atoms with Crippen molar-refractivity contribution in [1.29, 1.82) is 0 Å². The van der Waals surface area contributed by atoms with Gasteiger partial charge in [0.2, 0.25) is 0 Å². The molecule has 1 amide bonds. The number of carbonyl (C=O) groups is 1. The van der Waals surface area contributed by atoms with Crippen molar-refractivity contribution in [3.8, 4) is 11.1 Å². The molecule has 0 bridgehead atoms. The number of hydrogen-bond acceptors (Lipinski definition) is 4. The zero-order valence-electron chi connectivity index (χ0n) is 16.9. The quantitative estimate of drug-likeness (QED) is 0.873. The summed E-state index contributed by atoms with van der Waals surface area (Å²) in [6.07, 6.45) is 6.91. The zero-order valence-corrected chi connectivity index (χ0v) is 16.9. The first-order valence-corrected chi connectivity index (χ1v) is 10.3. The lowest BCUT2D eigenvalue weighted by Gasteiger charge is -2.45. The highest BCUT2D eigenvalue weighted by Gasteiger charge is 2.40. The predicted octanol–water partition coefficient (Wildman–Crippen LogP) is 2.96. The number of benzene rings is 1. The minimum atomic E-state index is 0.108. The fraction of sp³-hybridized carbons (Fsp3) is 0.478. The molecule has 0 atom stereocenters. The van der Waals surface area contributed by atoms with E-state index in [4.69, 9.17) is 0 Å². The van der Waals surface area contributed by atoms with Crippen molar-refractivity contribution in [3.05, 3.63) is 53.9 Å². The lowest BCUT2D eigenvalue weighted by Crippen LogP contribution is -2.58. The highest BCUT2D eigenvalue weighted by molar-refractivity contribution is 5.95. The van der Waals surface area contributed by atoms with Crippen LogP contribution in [0.2, 0.25) is 0 Å². The topological polar surface area (TPSA) is 48.5 Å². The van der Waals surface area contributed by atoms with Gasteiger partial charge in [-0.1, -0.05) is 12.1 Å². The van der Waals surface area contributed by atoms with E-state index in [2.05, 4.69) is 40.1 Å². The number of carbonyl (C=O) groups excluding carboxylic acids is 1. The first-order chi connectivity index (χ1) is 13.6. The normalized spacial score (nSPS) is 20.1. The second-order valence-electron chi connectivity index (χ2n) is 8.25. The number of nitrogens with one attached hydrogen (secondary N) is 1. The van der Waals surface area contributed by atoms with Gasteiger partial charge in [-0.2, -0.15) is 0 Å². The molecule has 2 fully saturated rings. The second-order valence-corrected chi connectivity index (χ2v) is 8.25. The Morgan fingerprint density at radius 3 is 2.79 bits per heavy atom. The third-order valence-corrected chi connectivity index (χ3v) is 6.48. The van der Waals surface area contributed by atoms with Gasteiger partial charge in [0.05, 0.1) is 0 Å². The Morgan fingerprint density at radius 2 is 2.00 bits per heavy atom. The van der Waals surface area contributed by atoms with Crippen LogP contribution in [-0.2, 0) is 0 Å². The second kappa shape index (κ2) is 8.02. The highest BCUT2D eigenvalue weighted by atomic mass is 16.2. The molecular weight excluding hydrogens is 348 g/mol. The summed E-state index contributed by atoms with van der Waals surface area (Å²) in [5.74, 6) is 0.154. The number of aryl methyl sites for hydroxylation is 1. The number of likely N-dealkylation sites (N-methyl/N-ethyl adjacent to an activating group) is 1. The molecule has 1 aromatic heterocycles. The molecule has 0 unspecified atom stereocenters. The predicted molar refractivity (Wildman–Crippen MR) is 112 cm³/mol. The van der Waals surface area contributed by atoms with Crippen LogP contribution >= 0.6 is 0 Å². The average Bonchev–Trinajstić information content (AvgIpc) is 2.88. The molecular formula is C23H30N4O. The number of aromatic nitrogens is 1. The summed E-state index contributed by atoms with van der Waals surface area (Å²) in [5, 5.41) is 3.47. The summed E-state index contributed by atoms with van der Waals surface area (Å²) < 4.78 is 0. The minimum Gasteiger partial charge on any atom is -0.337 e. The van der Waals surface area contributed by atoms with Crippen LogP contribution in [0.15, 0.2) is 42.7 Å². The van der Waals surface area contributed by atoms with Crippen LogP contribution in [0.25, 0.3) is 11.1 Å². The smallest absolute Gasteiger partial charge is 0.253 e. The SMILES string of the molecule is Cc1cnccc1-c1cccc(C(=O)N2CCCN(C)C3(CCNCC3)C2)c1. The molecule has 148 valence electrons. The number of amides is 1. The van der Waals surface area contributed by atoms with E-state index in [9.17, 15) is 4.79 Å². The number of pyridine rings is 1. The summed E-state index contributed by atoms with van der Waals surface area (Å²) in [6.45, 7) is 6.83. The van der Waals surface area contributed by atoms with Crippen LogP contribution in [0.1, 0.15) is 35.2 Å². The maximum atomic E-state index is 13.4. The highest BCUT2D eigenvalue weighted by Crippen LogP contribution is 2.30. The molecule has 0 saturated carbocycles. The number of piperidine rings is 1. The van der Waals surface area contributed by atoms with Crippen LogP contribution in [0.4, 0.5) is 0 Å². The van der Waals surface area contributed by atoms with E-state index in [0.717, 1.165) is 74.2 Å². The van der Waals surface area contributed by atoms with Crippen LogP contribution in [0, 0.1) is 6.92 Å². The molecule has 28 heavy (non-hydrogen) atoms. The van der Waals surface area contributed by atoms with Gasteiger partial charge in [0.15, 0.2) is 0 Å². The van der Waals surface area contributed by atoms with Crippen molar-refractivity contribution in [2.75, 3.05) is 39.8 Å². The molecule has 1 spiro atoms. The average molecular weight is 379 g/mol. The molecule has 2 aromatic rings. The maximum absolute atomic E-state index is 13.4. The summed E-state index contributed by atoms with van der Waals surface area (Å²) in [4.78, 5) is 22.2. The first kappa shape index (κ1) is 19.1. The Hall–Kier alpha value is -2.24. The molecule has 3 heterocycles. The van der Waals surface area contributed by atoms with Crippen molar-refractivity contribution < 1.29 is 4.79 Å². The molecule has 2 aliphatic heterocycles. The van der Waals surface area contributed by atoms with E-state index in [-0.39, 0.29) is 11.4 Å². The van der Waals surface area contributed by atoms with Crippen LogP contribution < -0.4 is 5.32 Å². The maximum Gasteiger partial charge on any atom is 0.253 e. The summed E-state index contributed by atoms with van der Waals surface area (Å²) in [7, 11) is 2.23. The van der Waals surface area contributed by atoms with Gasteiger partial charge in [0.1, 0.15) is 0 Å². The Balaban J connectivity index is 1.60. The molecule has 2 aliphatic rings. The monoisotopic (exact) mass is 378 g/mol. The lowest BCUT2D eigenvalue weighted by atomic mass is 9.86. The van der Waals surface area contributed by atoms with Crippen molar-refractivity contribution >= 4 is 5.91 Å². The van der Waals surface area contributed by atoms with E-state index in [1.165, 1.54) is 0 Å². The Morgan fingerprint density at radius 1 is 1.18 bits per heavy atom. The van der Waals surface area contributed by atoms with Crippen molar-refractivity contribution in [1.82, 2.24) is 20.1 Å². The fourth-order valence-electron chi connectivity index (χ4n) is 4.70. The van der Waals surface area contributed by atoms with E-state index in [1.54, 1.807) is 0 Å². The van der Waals surface area contributed by atoms with Crippen molar-refractivity contribution in [2.45, 2.75) is 31.7 Å². The zero-order chi connectivity index (χ0) is 19.6.